The maximum absolute atomic E-state index is 4.38. The molecule has 1 atom stereocenters. The lowest BCUT2D eigenvalue weighted by Crippen LogP contribution is -2.39. The fourth-order valence-electron chi connectivity index (χ4n) is 2.70. The third-order valence-corrected chi connectivity index (χ3v) is 4.36. The first kappa shape index (κ1) is 19.0. The minimum Gasteiger partial charge on any atom is -0.356 e. The number of aromatic nitrogens is 3. The van der Waals surface area contributed by atoms with Gasteiger partial charge in [0.25, 0.3) is 0 Å². The highest BCUT2D eigenvalue weighted by molar-refractivity contribution is 5.79. The third kappa shape index (κ3) is 6.21. The van der Waals surface area contributed by atoms with Crippen LogP contribution in [0, 0.1) is 5.92 Å². The summed E-state index contributed by atoms with van der Waals surface area (Å²) in [6, 6.07) is 4.06. The fourth-order valence-corrected chi connectivity index (χ4v) is 2.70. The molecule has 2 rings (SSSR count). The predicted octanol–water partition coefficient (Wildman–Crippen LogP) is 3.15. The van der Waals surface area contributed by atoms with Crippen molar-refractivity contribution < 1.29 is 0 Å². The lowest BCUT2D eigenvalue weighted by Gasteiger charge is -2.18. The van der Waals surface area contributed by atoms with E-state index in [-0.39, 0.29) is 0 Å². The van der Waals surface area contributed by atoms with Gasteiger partial charge in [-0.05, 0) is 30.0 Å². The van der Waals surface area contributed by atoms with Gasteiger partial charge in [-0.25, -0.2) is 9.97 Å². The molecular formula is C19H30N6. The van der Waals surface area contributed by atoms with Crippen LogP contribution in [0.3, 0.4) is 0 Å². The summed E-state index contributed by atoms with van der Waals surface area (Å²) in [6.45, 7) is 6.17. The van der Waals surface area contributed by atoms with Crippen LogP contribution in [0.15, 0.2) is 42.0 Å². The van der Waals surface area contributed by atoms with Crippen molar-refractivity contribution in [3.05, 3.63) is 42.6 Å². The molecule has 2 N–H and O–H groups in total. The molecule has 6 nitrogen and oxygen atoms in total. The van der Waals surface area contributed by atoms with E-state index < -0.39 is 0 Å². The maximum Gasteiger partial charge on any atom is 0.191 e. The smallest absolute Gasteiger partial charge is 0.191 e. The van der Waals surface area contributed by atoms with Crippen LogP contribution < -0.4 is 10.6 Å². The van der Waals surface area contributed by atoms with Crippen molar-refractivity contribution in [3.63, 3.8) is 0 Å². The molecule has 0 saturated carbocycles. The maximum atomic E-state index is 4.38. The van der Waals surface area contributed by atoms with Crippen molar-refractivity contribution in [2.75, 3.05) is 13.6 Å². The summed E-state index contributed by atoms with van der Waals surface area (Å²) in [4.78, 5) is 12.8. The molecule has 0 aliphatic heterocycles. The van der Waals surface area contributed by atoms with E-state index in [2.05, 4.69) is 45.5 Å². The number of guanidine groups is 1. The van der Waals surface area contributed by atoms with Gasteiger partial charge in [-0.2, -0.15) is 0 Å². The van der Waals surface area contributed by atoms with Gasteiger partial charge in [0.2, 0.25) is 0 Å². The van der Waals surface area contributed by atoms with E-state index in [1.807, 2.05) is 30.1 Å². The van der Waals surface area contributed by atoms with E-state index in [0.717, 1.165) is 23.9 Å². The summed E-state index contributed by atoms with van der Waals surface area (Å²) < 4.78 is 1.90. The van der Waals surface area contributed by atoms with Gasteiger partial charge >= 0.3 is 0 Å². The van der Waals surface area contributed by atoms with Crippen LogP contribution in [0.5, 0.6) is 0 Å². The molecule has 1 unspecified atom stereocenters. The number of unbranched alkanes of at least 4 members (excludes halogenated alkanes) is 1. The van der Waals surface area contributed by atoms with Crippen LogP contribution in [0.25, 0.3) is 5.82 Å². The van der Waals surface area contributed by atoms with Crippen LogP contribution in [-0.2, 0) is 6.54 Å². The van der Waals surface area contributed by atoms with E-state index in [4.69, 9.17) is 0 Å². The molecule has 0 aliphatic rings. The second-order valence-electron chi connectivity index (χ2n) is 6.22. The average Bonchev–Trinajstić information content (AvgIpc) is 3.19. The first-order valence-corrected chi connectivity index (χ1v) is 9.14. The predicted molar refractivity (Wildman–Crippen MR) is 103 cm³/mol. The molecule has 25 heavy (non-hydrogen) atoms. The van der Waals surface area contributed by atoms with Gasteiger partial charge in [-0.3, -0.25) is 9.56 Å². The minimum absolute atomic E-state index is 0.701. The number of nitrogens with one attached hydrogen (secondary N) is 2. The highest BCUT2D eigenvalue weighted by atomic mass is 15.2. The highest BCUT2D eigenvalue weighted by Crippen LogP contribution is 2.11. The Kier molecular flexibility index (Phi) is 7.95. The molecular weight excluding hydrogens is 312 g/mol. The Labute approximate surface area is 150 Å². The SMILES string of the molecule is CCCCC(CC)CNC(=NC)NCc1ccnc(-n2ccnc2)c1. The second-order valence-corrected chi connectivity index (χ2v) is 6.22. The number of hydrogen-bond acceptors (Lipinski definition) is 3. The Morgan fingerprint density at radius 1 is 1.28 bits per heavy atom. The molecule has 0 amide bonds. The van der Waals surface area contributed by atoms with Crippen molar-refractivity contribution in [2.24, 2.45) is 10.9 Å². The molecule has 6 heteroatoms. The van der Waals surface area contributed by atoms with E-state index in [1.54, 1.807) is 12.5 Å². The lowest BCUT2D eigenvalue weighted by atomic mass is 9.99. The van der Waals surface area contributed by atoms with Gasteiger partial charge < -0.3 is 10.6 Å². The summed E-state index contributed by atoms with van der Waals surface area (Å²) in [5.74, 6) is 2.41. The van der Waals surface area contributed by atoms with Crippen molar-refractivity contribution in [1.82, 2.24) is 25.2 Å². The number of pyridine rings is 1. The van der Waals surface area contributed by atoms with Crippen LogP contribution in [0.1, 0.15) is 45.1 Å². The van der Waals surface area contributed by atoms with Crippen molar-refractivity contribution in [2.45, 2.75) is 46.1 Å². The Bertz CT molecular complexity index is 635. The van der Waals surface area contributed by atoms with Gasteiger partial charge in [-0.1, -0.05) is 33.1 Å². The van der Waals surface area contributed by atoms with Gasteiger partial charge in [0.15, 0.2) is 5.96 Å². The normalized spacial score (nSPS) is 12.8. The van der Waals surface area contributed by atoms with E-state index in [0.29, 0.717) is 12.5 Å². The summed E-state index contributed by atoms with van der Waals surface area (Å²) in [5.41, 5.74) is 1.15. The monoisotopic (exact) mass is 342 g/mol. The zero-order valence-corrected chi connectivity index (χ0v) is 15.6. The molecule has 136 valence electrons. The number of imidazole rings is 1. The highest BCUT2D eigenvalue weighted by Gasteiger charge is 2.07. The fraction of sp³-hybridized carbons (Fsp3) is 0.526. The van der Waals surface area contributed by atoms with Crippen LogP contribution >= 0.6 is 0 Å². The summed E-state index contributed by atoms with van der Waals surface area (Å²) in [5, 5.41) is 6.83. The van der Waals surface area contributed by atoms with Gasteiger partial charge in [0.1, 0.15) is 12.1 Å². The van der Waals surface area contributed by atoms with E-state index in [9.17, 15) is 0 Å². The van der Waals surface area contributed by atoms with Crippen LogP contribution in [0.2, 0.25) is 0 Å². The largest absolute Gasteiger partial charge is 0.356 e. The zero-order valence-electron chi connectivity index (χ0n) is 15.6. The third-order valence-electron chi connectivity index (χ3n) is 4.36. The molecule has 0 radical (unpaired) electrons. The number of rotatable bonds is 9. The Morgan fingerprint density at radius 3 is 2.84 bits per heavy atom. The topological polar surface area (TPSA) is 67.1 Å². The van der Waals surface area contributed by atoms with E-state index >= 15 is 0 Å². The van der Waals surface area contributed by atoms with Crippen molar-refractivity contribution in [1.29, 1.82) is 0 Å². The molecule has 0 aliphatic carbocycles. The molecule has 0 bridgehead atoms. The molecule has 2 heterocycles. The summed E-state index contributed by atoms with van der Waals surface area (Å²) >= 11 is 0. The molecule has 2 aromatic rings. The Hall–Kier alpha value is -2.37. The Morgan fingerprint density at radius 2 is 2.16 bits per heavy atom. The lowest BCUT2D eigenvalue weighted by molar-refractivity contribution is 0.443. The Balaban J connectivity index is 1.85. The quantitative estimate of drug-likeness (QED) is 0.543. The average molecular weight is 342 g/mol. The van der Waals surface area contributed by atoms with Gasteiger partial charge in [0, 0.05) is 38.7 Å². The summed E-state index contributed by atoms with van der Waals surface area (Å²) in [6.07, 6.45) is 12.2. The number of nitrogens with zero attached hydrogens (tertiary/aromatic N) is 4. The number of aliphatic imine (C=N–C) groups is 1. The zero-order chi connectivity index (χ0) is 17.9. The molecule has 0 spiro atoms. The van der Waals surface area contributed by atoms with Crippen LogP contribution in [-0.4, -0.2) is 34.1 Å². The standard InChI is InChI=1S/C19H30N6/c1-4-6-7-16(5-2)13-23-19(20-3)24-14-17-8-9-22-18(12-17)25-11-10-21-15-25/h8-12,15-16H,4-7,13-14H2,1-3H3,(H2,20,23,24). The molecule has 2 aromatic heterocycles. The molecule has 0 fully saturated rings. The molecule has 0 aromatic carbocycles. The first-order valence-electron chi connectivity index (χ1n) is 9.14. The van der Waals surface area contributed by atoms with Gasteiger partial charge in [-0.15, -0.1) is 0 Å². The van der Waals surface area contributed by atoms with Gasteiger partial charge in [0.05, 0.1) is 0 Å². The minimum atomic E-state index is 0.701. The number of hydrogen-bond donors (Lipinski definition) is 2. The summed E-state index contributed by atoms with van der Waals surface area (Å²) in [7, 11) is 1.81. The van der Waals surface area contributed by atoms with Crippen molar-refractivity contribution in [3.8, 4) is 5.82 Å². The van der Waals surface area contributed by atoms with Crippen molar-refractivity contribution >= 4 is 5.96 Å². The first-order chi connectivity index (χ1) is 12.3. The molecule has 0 saturated heterocycles. The van der Waals surface area contributed by atoms with E-state index in [1.165, 1.54) is 25.7 Å². The second kappa shape index (κ2) is 10.5. The van der Waals surface area contributed by atoms with Crippen LogP contribution in [0.4, 0.5) is 0 Å².